The smallest absolute Gasteiger partial charge is 0.375 e. The van der Waals surface area contributed by atoms with Crippen LogP contribution in [0.5, 0.6) is 0 Å². The van der Waals surface area contributed by atoms with Crippen molar-refractivity contribution in [1.29, 1.82) is 0 Å². The van der Waals surface area contributed by atoms with Crippen molar-refractivity contribution in [3.8, 4) is 0 Å². The summed E-state index contributed by atoms with van der Waals surface area (Å²) in [6, 6.07) is 17.2. The number of amides is 1. The molecule has 3 aromatic rings. The van der Waals surface area contributed by atoms with Crippen molar-refractivity contribution >= 4 is 22.8 Å². The fraction of sp³-hybridized carbons (Fsp3) is 0.190. The summed E-state index contributed by atoms with van der Waals surface area (Å²) in [6.45, 7) is 1.88. The highest BCUT2D eigenvalue weighted by Gasteiger charge is 2.24. The molecule has 0 saturated carbocycles. The highest BCUT2D eigenvalue weighted by molar-refractivity contribution is 5.91. The second kappa shape index (κ2) is 7.86. The second-order valence-electron chi connectivity index (χ2n) is 6.20. The van der Waals surface area contributed by atoms with E-state index in [1.165, 1.54) is 11.8 Å². The molecule has 138 valence electrons. The zero-order valence-corrected chi connectivity index (χ0v) is 15.0. The minimum atomic E-state index is -1.01. The molecule has 0 aliphatic carbocycles. The Bertz CT molecular complexity index is 1030. The number of esters is 1. The fourth-order valence-electron chi connectivity index (χ4n) is 2.72. The van der Waals surface area contributed by atoms with Crippen molar-refractivity contribution < 1.29 is 18.7 Å². The van der Waals surface area contributed by atoms with Gasteiger partial charge in [-0.3, -0.25) is 9.59 Å². The van der Waals surface area contributed by atoms with Crippen LogP contribution in [0.3, 0.4) is 0 Å². The minimum Gasteiger partial charge on any atom is -0.449 e. The average molecular weight is 365 g/mol. The molecule has 0 spiro atoms. The lowest BCUT2D eigenvalue weighted by molar-refractivity contribution is -0.139. The molecule has 0 N–H and O–H groups in total. The Hall–Kier alpha value is -3.41. The number of hydrogen-bond acceptors (Lipinski definition) is 5. The quantitative estimate of drug-likeness (QED) is 0.650. The van der Waals surface area contributed by atoms with E-state index in [4.69, 9.17) is 9.15 Å². The van der Waals surface area contributed by atoms with Crippen LogP contribution < -0.4 is 5.43 Å². The maximum absolute atomic E-state index is 12.4. The Morgan fingerprint density at radius 3 is 2.48 bits per heavy atom. The molecule has 0 aliphatic heterocycles. The largest absolute Gasteiger partial charge is 0.449 e. The van der Waals surface area contributed by atoms with Crippen LogP contribution >= 0.6 is 0 Å². The van der Waals surface area contributed by atoms with Crippen LogP contribution in [0.15, 0.2) is 69.9 Å². The lowest BCUT2D eigenvalue weighted by Crippen LogP contribution is -2.37. The third kappa shape index (κ3) is 4.23. The maximum Gasteiger partial charge on any atom is 0.375 e. The van der Waals surface area contributed by atoms with Crippen LogP contribution in [0, 0.1) is 0 Å². The molecular formula is C21H19NO5. The van der Waals surface area contributed by atoms with Gasteiger partial charge >= 0.3 is 5.97 Å². The van der Waals surface area contributed by atoms with Crippen molar-refractivity contribution in [2.75, 3.05) is 7.05 Å². The van der Waals surface area contributed by atoms with Crippen LogP contribution in [-0.4, -0.2) is 29.9 Å². The summed E-state index contributed by atoms with van der Waals surface area (Å²) >= 11 is 0. The maximum atomic E-state index is 12.4. The fourth-order valence-corrected chi connectivity index (χ4v) is 2.72. The van der Waals surface area contributed by atoms with Crippen molar-refractivity contribution in [2.24, 2.45) is 0 Å². The van der Waals surface area contributed by atoms with E-state index in [1.54, 1.807) is 31.3 Å². The van der Waals surface area contributed by atoms with Crippen LogP contribution in [-0.2, 0) is 16.1 Å². The number of benzene rings is 2. The molecule has 1 aromatic heterocycles. The summed E-state index contributed by atoms with van der Waals surface area (Å²) in [5.74, 6) is -1.44. The predicted octanol–water partition coefficient (Wildman–Crippen LogP) is 3.00. The third-order valence-electron chi connectivity index (χ3n) is 4.11. The van der Waals surface area contributed by atoms with Gasteiger partial charge in [0.1, 0.15) is 5.58 Å². The van der Waals surface area contributed by atoms with Gasteiger partial charge in [-0.05, 0) is 24.6 Å². The summed E-state index contributed by atoms with van der Waals surface area (Å²) in [5.41, 5.74) is 0.911. The minimum absolute atomic E-state index is 0.232. The molecule has 1 heterocycles. The Balaban J connectivity index is 1.69. The molecule has 1 amide bonds. The standard InChI is InChI=1S/C21H19NO5/c1-14(20(24)22(2)13-15-8-4-3-5-9-15)26-21(25)19-12-17(23)16-10-6-7-11-18(16)27-19/h3-12,14H,13H2,1-2H3/t14-/m0/s1. The van der Waals surface area contributed by atoms with Crippen LogP contribution in [0.2, 0.25) is 0 Å². The van der Waals surface area contributed by atoms with Gasteiger partial charge in [-0.15, -0.1) is 0 Å². The Morgan fingerprint density at radius 1 is 1.07 bits per heavy atom. The second-order valence-corrected chi connectivity index (χ2v) is 6.20. The van der Waals surface area contributed by atoms with Gasteiger partial charge in [-0.25, -0.2) is 4.79 Å². The van der Waals surface area contributed by atoms with Crippen molar-refractivity contribution in [3.63, 3.8) is 0 Å². The summed E-state index contributed by atoms with van der Waals surface area (Å²) < 4.78 is 10.6. The number of carbonyl (C=O) groups excluding carboxylic acids is 2. The number of nitrogens with zero attached hydrogens (tertiary/aromatic N) is 1. The molecule has 6 nitrogen and oxygen atoms in total. The molecule has 6 heteroatoms. The van der Waals surface area contributed by atoms with E-state index in [2.05, 4.69) is 0 Å². The SMILES string of the molecule is C[C@H](OC(=O)c1cc(=O)c2ccccc2o1)C(=O)N(C)Cc1ccccc1. The molecule has 0 saturated heterocycles. The molecule has 0 bridgehead atoms. The third-order valence-corrected chi connectivity index (χ3v) is 4.11. The van der Waals surface area contributed by atoms with E-state index in [-0.39, 0.29) is 22.7 Å². The zero-order chi connectivity index (χ0) is 19.4. The topological polar surface area (TPSA) is 76.8 Å². The first kappa shape index (κ1) is 18.4. The van der Waals surface area contributed by atoms with Gasteiger partial charge in [0, 0.05) is 19.7 Å². The Labute approximate surface area is 156 Å². The van der Waals surface area contributed by atoms with Gasteiger partial charge in [0.05, 0.1) is 5.39 Å². The van der Waals surface area contributed by atoms with Crippen molar-refractivity contribution in [2.45, 2.75) is 19.6 Å². The molecule has 3 rings (SSSR count). The number of para-hydroxylation sites is 1. The average Bonchev–Trinajstić information content (AvgIpc) is 2.68. The number of carbonyl (C=O) groups is 2. The molecule has 27 heavy (non-hydrogen) atoms. The Kier molecular flexibility index (Phi) is 5.35. The first-order valence-electron chi connectivity index (χ1n) is 8.48. The zero-order valence-electron chi connectivity index (χ0n) is 15.0. The van der Waals surface area contributed by atoms with Gasteiger partial charge in [0.25, 0.3) is 5.91 Å². The van der Waals surface area contributed by atoms with E-state index in [1.807, 2.05) is 30.3 Å². The monoisotopic (exact) mass is 365 g/mol. The van der Waals surface area contributed by atoms with E-state index in [9.17, 15) is 14.4 Å². The summed E-state index contributed by atoms with van der Waals surface area (Å²) in [4.78, 5) is 38.3. The Morgan fingerprint density at radius 2 is 1.74 bits per heavy atom. The van der Waals surface area contributed by atoms with E-state index >= 15 is 0 Å². The number of hydrogen-bond donors (Lipinski definition) is 0. The van der Waals surface area contributed by atoms with Crippen LogP contribution in [0.1, 0.15) is 23.0 Å². The molecule has 0 fully saturated rings. The van der Waals surface area contributed by atoms with Gasteiger partial charge < -0.3 is 14.1 Å². The molecule has 0 aliphatic rings. The highest BCUT2D eigenvalue weighted by Crippen LogP contribution is 2.14. The summed E-state index contributed by atoms with van der Waals surface area (Å²) in [5, 5.41) is 0.376. The molecule has 2 aromatic carbocycles. The molecule has 0 unspecified atom stereocenters. The van der Waals surface area contributed by atoms with Crippen LogP contribution in [0.4, 0.5) is 0 Å². The number of likely N-dealkylation sites (N-methyl/N-ethyl adjacent to an activating group) is 1. The van der Waals surface area contributed by atoms with Gasteiger partial charge in [0.2, 0.25) is 5.76 Å². The highest BCUT2D eigenvalue weighted by atomic mass is 16.6. The van der Waals surface area contributed by atoms with Crippen molar-refractivity contribution in [1.82, 2.24) is 4.90 Å². The van der Waals surface area contributed by atoms with E-state index in [0.717, 1.165) is 11.6 Å². The lowest BCUT2D eigenvalue weighted by atomic mass is 10.2. The predicted molar refractivity (Wildman–Crippen MR) is 100 cm³/mol. The summed E-state index contributed by atoms with van der Waals surface area (Å²) in [7, 11) is 1.63. The number of ether oxygens (including phenoxy) is 1. The van der Waals surface area contributed by atoms with Gasteiger partial charge in [-0.1, -0.05) is 42.5 Å². The van der Waals surface area contributed by atoms with Crippen molar-refractivity contribution in [3.05, 3.63) is 82.2 Å². The number of rotatable bonds is 5. The van der Waals surface area contributed by atoms with E-state index < -0.39 is 12.1 Å². The summed E-state index contributed by atoms with van der Waals surface area (Å²) in [6.07, 6.45) is -1.01. The molecule has 0 radical (unpaired) electrons. The first-order valence-corrected chi connectivity index (χ1v) is 8.48. The molecule has 1 atom stereocenters. The first-order chi connectivity index (χ1) is 13.0. The van der Waals surface area contributed by atoms with Gasteiger partial charge in [0.15, 0.2) is 11.5 Å². The lowest BCUT2D eigenvalue weighted by Gasteiger charge is -2.21. The van der Waals surface area contributed by atoms with Crippen LogP contribution in [0.25, 0.3) is 11.0 Å². The van der Waals surface area contributed by atoms with Gasteiger partial charge in [-0.2, -0.15) is 0 Å². The number of fused-ring (bicyclic) bond motifs is 1. The molecular weight excluding hydrogens is 346 g/mol. The van der Waals surface area contributed by atoms with E-state index in [0.29, 0.717) is 11.9 Å². The normalized spacial score (nSPS) is 11.8.